The molecule has 0 fully saturated rings. The summed E-state index contributed by atoms with van der Waals surface area (Å²) < 4.78 is 4.73. The highest BCUT2D eigenvalue weighted by molar-refractivity contribution is 6.28. The predicted octanol–water partition coefficient (Wildman–Crippen LogP) is 15.6. The Kier molecular flexibility index (Phi) is 8.18. The zero-order chi connectivity index (χ0) is 42.1. The molecule has 2 aromatic heterocycles. The van der Waals surface area contributed by atoms with Crippen molar-refractivity contribution in [1.29, 1.82) is 0 Å². The smallest absolute Gasteiger partial charge is 0.145 e. The minimum Gasteiger partial charge on any atom is -0.292 e. The lowest BCUT2D eigenvalue weighted by Gasteiger charge is -2.23. The van der Waals surface area contributed by atoms with Crippen LogP contribution in [-0.2, 0) is 0 Å². The molecule has 0 amide bonds. The maximum atomic E-state index is 5.32. The second-order valence-electron chi connectivity index (χ2n) is 16.5. The third-order valence-corrected chi connectivity index (χ3v) is 12.9. The van der Waals surface area contributed by atoms with Crippen LogP contribution < -0.4 is 0 Å². The van der Waals surface area contributed by atoms with Gasteiger partial charge in [0.05, 0.1) is 33.4 Å². The summed E-state index contributed by atoms with van der Waals surface area (Å²) in [4.78, 5) is 10.6. The summed E-state index contributed by atoms with van der Waals surface area (Å²) in [5.41, 5.74) is 13.1. The Balaban J connectivity index is 1.24. The van der Waals surface area contributed by atoms with Crippen molar-refractivity contribution in [2.45, 2.75) is 0 Å². The topological polar surface area (TPSA) is 35.6 Å². The summed E-state index contributed by atoms with van der Waals surface area (Å²) >= 11 is 0. The first-order valence-corrected chi connectivity index (χ1v) is 21.8. The monoisotopic (exact) mass is 814 g/mol. The maximum Gasteiger partial charge on any atom is 0.145 e. The van der Waals surface area contributed by atoms with Gasteiger partial charge < -0.3 is 0 Å². The van der Waals surface area contributed by atoms with Crippen molar-refractivity contribution in [2.75, 3.05) is 0 Å². The van der Waals surface area contributed by atoms with Crippen molar-refractivity contribution < 1.29 is 0 Å². The van der Waals surface area contributed by atoms with E-state index in [2.05, 4.69) is 240 Å². The van der Waals surface area contributed by atoms with Crippen LogP contribution in [0.4, 0.5) is 0 Å². The molecule has 4 nitrogen and oxygen atoms in total. The van der Waals surface area contributed by atoms with E-state index in [0.29, 0.717) is 0 Å². The second kappa shape index (κ2) is 14.5. The number of benzene rings is 11. The van der Waals surface area contributed by atoms with Gasteiger partial charge in [0.15, 0.2) is 0 Å². The molecule has 11 aromatic carbocycles. The van der Waals surface area contributed by atoms with E-state index in [-0.39, 0.29) is 0 Å². The van der Waals surface area contributed by atoms with E-state index < -0.39 is 0 Å². The van der Waals surface area contributed by atoms with Crippen molar-refractivity contribution in [3.05, 3.63) is 231 Å². The first-order chi connectivity index (χ1) is 31.8. The van der Waals surface area contributed by atoms with Crippen molar-refractivity contribution in [2.24, 2.45) is 0 Å². The third-order valence-electron chi connectivity index (χ3n) is 12.9. The molecule has 0 N–H and O–H groups in total. The van der Waals surface area contributed by atoms with E-state index in [4.69, 9.17) is 9.97 Å². The van der Waals surface area contributed by atoms with Crippen molar-refractivity contribution in [1.82, 2.24) is 19.1 Å². The maximum absolute atomic E-state index is 5.32. The Labute approximate surface area is 369 Å². The summed E-state index contributed by atoms with van der Waals surface area (Å²) in [6.45, 7) is 0. The molecule has 0 unspecified atom stereocenters. The van der Waals surface area contributed by atoms with Crippen molar-refractivity contribution in [3.8, 4) is 56.4 Å². The Morgan fingerprint density at radius 3 is 1.02 bits per heavy atom. The number of fused-ring (bicyclic) bond motifs is 6. The fraction of sp³-hybridized carbons (Fsp3) is 0. The van der Waals surface area contributed by atoms with Crippen LogP contribution in [0.5, 0.6) is 0 Å². The standard InChI is InChI=1S/C60H38N4/c1-4-20-39(21-5-1)56-42-26-10-12-28-44(42)57(45-29-13-11-27-43(45)56)58-46-30-18-36-52(63-54-34-16-14-32-50(54)61-59(63)40-22-6-2-7-23-40)48(46)38-49-47(58)31-19-37-53(49)64-55-35-17-15-33-51(55)62-60(64)41-24-8-3-9-25-41/h1-38H. The molecule has 4 heteroatoms. The van der Waals surface area contributed by atoms with Crippen molar-refractivity contribution in [3.63, 3.8) is 0 Å². The van der Waals surface area contributed by atoms with Crippen LogP contribution in [0.2, 0.25) is 0 Å². The van der Waals surface area contributed by atoms with Crippen LogP contribution in [0, 0.1) is 0 Å². The molecule has 0 bridgehead atoms. The van der Waals surface area contributed by atoms with Gasteiger partial charge in [-0.1, -0.05) is 188 Å². The quantitative estimate of drug-likeness (QED) is 0.157. The third kappa shape index (κ3) is 5.49. The molecule has 0 saturated heterocycles. The molecule has 0 aliphatic carbocycles. The average molecular weight is 815 g/mol. The molecule has 13 aromatic rings. The van der Waals surface area contributed by atoms with E-state index in [0.717, 1.165) is 67.0 Å². The number of hydrogen-bond acceptors (Lipinski definition) is 2. The van der Waals surface area contributed by atoms with Crippen LogP contribution in [0.1, 0.15) is 0 Å². The second-order valence-corrected chi connectivity index (χ2v) is 16.5. The SMILES string of the molecule is c1ccc(-c2c3ccccc3c(-c3c4cccc(-n5c(-c6ccccc6)nc6ccccc65)c4cc4c(-n5c(-c6ccccc6)nc6ccccc65)cccc34)c3ccccc23)cc1. The van der Waals surface area contributed by atoms with Gasteiger partial charge in [0.2, 0.25) is 0 Å². The predicted molar refractivity (Wildman–Crippen MR) is 267 cm³/mol. The Hall–Kier alpha value is -8.60. The molecule has 2 heterocycles. The molecular formula is C60H38N4. The van der Waals surface area contributed by atoms with Crippen molar-refractivity contribution >= 4 is 65.2 Å². The van der Waals surface area contributed by atoms with Gasteiger partial charge in [0, 0.05) is 21.9 Å². The van der Waals surface area contributed by atoms with Gasteiger partial charge in [0.1, 0.15) is 11.6 Å². The molecular weight excluding hydrogens is 777 g/mol. The van der Waals surface area contributed by atoms with Gasteiger partial charge in [0.25, 0.3) is 0 Å². The molecule has 0 aliphatic rings. The number of para-hydroxylation sites is 4. The van der Waals surface area contributed by atoms with E-state index in [1.54, 1.807) is 0 Å². The molecule has 64 heavy (non-hydrogen) atoms. The molecule has 0 saturated carbocycles. The lowest BCUT2D eigenvalue weighted by Crippen LogP contribution is -2.02. The normalized spacial score (nSPS) is 11.8. The summed E-state index contributed by atoms with van der Waals surface area (Å²) in [6, 6.07) is 82.9. The molecule has 0 radical (unpaired) electrons. The number of nitrogens with zero attached hydrogens (tertiary/aromatic N) is 4. The zero-order valence-corrected chi connectivity index (χ0v) is 34.7. The largest absolute Gasteiger partial charge is 0.292 e. The van der Waals surface area contributed by atoms with E-state index in [1.165, 1.54) is 54.6 Å². The lowest BCUT2D eigenvalue weighted by molar-refractivity contribution is 1.11. The highest BCUT2D eigenvalue weighted by Gasteiger charge is 2.25. The molecule has 0 atom stereocenters. The van der Waals surface area contributed by atoms with Crippen LogP contribution in [0.25, 0.3) is 122 Å². The minimum atomic E-state index is 0.902. The first-order valence-electron chi connectivity index (χ1n) is 21.8. The van der Waals surface area contributed by atoms with Gasteiger partial charge in [-0.3, -0.25) is 9.13 Å². The highest BCUT2D eigenvalue weighted by atomic mass is 15.1. The number of hydrogen-bond donors (Lipinski definition) is 0. The van der Waals surface area contributed by atoms with E-state index >= 15 is 0 Å². The zero-order valence-electron chi connectivity index (χ0n) is 34.7. The fourth-order valence-electron chi connectivity index (χ4n) is 10.2. The van der Waals surface area contributed by atoms with Gasteiger partial charge >= 0.3 is 0 Å². The Bertz CT molecular complexity index is 3710. The fourth-order valence-corrected chi connectivity index (χ4v) is 10.2. The average Bonchev–Trinajstić information content (AvgIpc) is 3.95. The first kappa shape index (κ1) is 36.1. The molecule has 0 spiro atoms. The summed E-state index contributed by atoms with van der Waals surface area (Å²) in [5, 5.41) is 9.45. The van der Waals surface area contributed by atoms with Gasteiger partial charge in [-0.2, -0.15) is 0 Å². The van der Waals surface area contributed by atoms with Gasteiger partial charge in [-0.25, -0.2) is 9.97 Å². The highest BCUT2D eigenvalue weighted by Crippen LogP contribution is 2.49. The number of aromatic nitrogens is 4. The molecule has 13 rings (SSSR count). The Morgan fingerprint density at radius 1 is 0.250 bits per heavy atom. The minimum absolute atomic E-state index is 0.902. The van der Waals surface area contributed by atoms with Gasteiger partial charge in [-0.15, -0.1) is 0 Å². The lowest BCUT2D eigenvalue weighted by atomic mass is 9.82. The van der Waals surface area contributed by atoms with Crippen LogP contribution in [-0.4, -0.2) is 19.1 Å². The van der Waals surface area contributed by atoms with Crippen LogP contribution >= 0.6 is 0 Å². The molecule has 0 aliphatic heterocycles. The van der Waals surface area contributed by atoms with E-state index in [9.17, 15) is 0 Å². The Morgan fingerprint density at radius 2 is 0.578 bits per heavy atom. The molecule has 298 valence electrons. The summed E-state index contributed by atoms with van der Waals surface area (Å²) in [6.07, 6.45) is 0. The summed E-state index contributed by atoms with van der Waals surface area (Å²) in [7, 11) is 0. The number of rotatable bonds is 6. The van der Waals surface area contributed by atoms with Gasteiger partial charge in [-0.05, 0) is 97.0 Å². The number of imidazole rings is 2. The van der Waals surface area contributed by atoms with Crippen LogP contribution in [0.3, 0.4) is 0 Å². The summed E-state index contributed by atoms with van der Waals surface area (Å²) in [5.74, 6) is 1.80. The van der Waals surface area contributed by atoms with E-state index in [1.807, 2.05) is 0 Å². The van der Waals surface area contributed by atoms with Crippen LogP contribution in [0.15, 0.2) is 231 Å².